The third-order valence-corrected chi connectivity index (χ3v) is 1.46. The quantitative estimate of drug-likeness (QED) is 0.468. The average molecular weight is 189 g/mol. The van der Waals surface area contributed by atoms with Gasteiger partial charge in [0.25, 0.3) is 5.91 Å². The molecule has 5 nitrogen and oxygen atoms in total. The summed E-state index contributed by atoms with van der Waals surface area (Å²) in [4.78, 5) is 21.9. The number of Topliss-reactive ketones (excluding diaryl/α,β-unsaturated/α-hetero) is 1. The van der Waals surface area contributed by atoms with E-state index in [9.17, 15) is 9.59 Å². The van der Waals surface area contributed by atoms with E-state index in [1.807, 2.05) is 0 Å². The number of nitrogens with one attached hydrogen (secondary N) is 1. The van der Waals surface area contributed by atoms with Crippen LogP contribution >= 0.6 is 0 Å². The molecule has 0 bridgehead atoms. The molecule has 5 heteroatoms. The Kier molecular flexibility index (Phi) is 5.25. The molecule has 0 radical (unpaired) electrons. The number of hydrogen-bond acceptors (Lipinski definition) is 4. The highest BCUT2D eigenvalue weighted by Gasteiger charge is 2.17. The molecule has 0 saturated carbocycles. The zero-order valence-electron chi connectivity index (χ0n) is 7.78. The summed E-state index contributed by atoms with van der Waals surface area (Å²) >= 11 is 0. The van der Waals surface area contributed by atoms with E-state index < -0.39 is 24.4 Å². The SMILES string of the molecule is CC(C)C(=O)C(=O)NC[C@H](O)CO. The third kappa shape index (κ3) is 4.59. The van der Waals surface area contributed by atoms with Gasteiger partial charge in [0.1, 0.15) is 0 Å². The zero-order valence-corrected chi connectivity index (χ0v) is 7.78. The van der Waals surface area contributed by atoms with Gasteiger partial charge < -0.3 is 15.5 Å². The predicted molar refractivity (Wildman–Crippen MR) is 45.9 cm³/mol. The lowest BCUT2D eigenvalue weighted by Crippen LogP contribution is -2.39. The van der Waals surface area contributed by atoms with Crippen LogP contribution in [0.4, 0.5) is 0 Å². The molecule has 0 aliphatic rings. The van der Waals surface area contributed by atoms with Crippen LogP contribution in [0.3, 0.4) is 0 Å². The molecule has 0 unspecified atom stereocenters. The minimum atomic E-state index is -1.01. The molecule has 0 aromatic rings. The van der Waals surface area contributed by atoms with Gasteiger partial charge in [0.15, 0.2) is 0 Å². The first-order valence-electron chi connectivity index (χ1n) is 4.10. The fraction of sp³-hybridized carbons (Fsp3) is 0.750. The van der Waals surface area contributed by atoms with Crippen molar-refractivity contribution in [2.45, 2.75) is 20.0 Å². The summed E-state index contributed by atoms with van der Waals surface area (Å²) in [6.45, 7) is 2.69. The molecule has 76 valence electrons. The molecular formula is C8H15NO4. The van der Waals surface area contributed by atoms with E-state index >= 15 is 0 Å². The Labute approximate surface area is 76.8 Å². The molecule has 0 saturated heterocycles. The van der Waals surface area contributed by atoms with Crippen LogP contribution in [-0.4, -0.2) is 41.2 Å². The second-order valence-electron chi connectivity index (χ2n) is 3.07. The summed E-state index contributed by atoms with van der Waals surface area (Å²) in [5, 5.41) is 19.5. The van der Waals surface area contributed by atoms with Crippen LogP contribution in [0.1, 0.15) is 13.8 Å². The average Bonchev–Trinajstić information content (AvgIpc) is 2.11. The van der Waals surface area contributed by atoms with Crippen molar-refractivity contribution >= 4 is 11.7 Å². The lowest BCUT2D eigenvalue weighted by Gasteiger charge is -2.09. The fourth-order valence-electron chi connectivity index (χ4n) is 0.624. The molecule has 0 aliphatic carbocycles. The first kappa shape index (κ1) is 12.1. The van der Waals surface area contributed by atoms with E-state index in [0.29, 0.717) is 0 Å². The Morgan fingerprint density at radius 2 is 1.92 bits per heavy atom. The number of rotatable bonds is 5. The van der Waals surface area contributed by atoms with Gasteiger partial charge in [-0.3, -0.25) is 9.59 Å². The largest absolute Gasteiger partial charge is 0.394 e. The second-order valence-corrected chi connectivity index (χ2v) is 3.07. The molecule has 0 spiro atoms. The summed E-state index contributed by atoms with van der Waals surface area (Å²) in [6.07, 6.45) is -1.01. The fourth-order valence-corrected chi connectivity index (χ4v) is 0.624. The normalized spacial score (nSPS) is 12.7. The van der Waals surface area contributed by atoms with Crippen LogP contribution in [0.15, 0.2) is 0 Å². The Bertz CT molecular complexity index is 191. The number of aliphatic hydroxyl groups is 2. The molecule has 0 heterocycles. The summed E-state index contributed by atoms with van der Waals surface area (Å²) in [5.74, 6) is -1.60. The van der Waals surface area contributed by atoms with Crippen molar-refractivity contribution in [2.75, 3.05) is 13.2 Å². The first-order valence-corrected chi connectivity index (χ1v) is 4.10. The van der Waals surface area contributed by atoms with E-state index in [-0.39, 0.29) is 12.5 Å². The van der Waals surface area contributed by atoms with Crippen LogP contribution < -0.4 is 5.32 Å². The molecule has 0 rings (SSSR count). The van der Waals surface area contributed by atoms with Gasteiger partial charge in [-0.2, -0.15) is 0 Å². The standard InChI is InChI=1S/C8H15NO4/c1-5(2)7(12)8(13)9-3-6(11)4-10/h5-6,10-11H,3-4H2,1-2H3,(H,9,13)/t6-/m0/s1. The van der Waals surface area contributed by atoms with Crippen LogP contribution in [-0.2, 0) is 9.59 Å². The maximum absolute atomic E-state index is 11.0. The number of aliphatic hydroxyl groups excluding tert-OH is 2. The van der Waals surface area contributed by atoms with Gasteiger partial charge in [0.05, 0.1) is 12.7 Å². The minimum Gasteiger partial charge on any atom is -0.394 e. The van der Waals surface area contributed by atoms with Gasteiger partial charge in [0.2, 0.25) is 5.78 Å². The van der Waals surface area contributed by atoms with Crippen molar-refractivity contribution in [1.29, 1.82) is 0 Å². The van der Waals surface area contributed by atoms with E-state index in [4.69, 9.17) is 10.2 Å². The molecule has 3 N–H and O–H groups in total. The number of ketones is 1. The summed E-state index contributed by atoms with van der Waals surface area (Å²) in [5.41, 5.74) is 0. The molecule has 0 aromatic carbocycles. The highest BCUT2D eigenvalue weighted by molar-refractivity contribution is 6.36. The van der Waals surface area contributed by atoms with Gasteiger partial charge in [-0.05, 0) is 0 Å². The Hall–Kier alpha value is -0.940. The summed E-state index contributed by atoms with van der Waals surface area (Å²) in [7, 11) is 0. The third-order valence-electron chi connectivity index (χ3n) is 1.46. The Balaban J connectivity index is 3.81. The highest BCUT2D eigenvalue weighted by Crippen LogP contribution is 1.93. The zero-order chi connectivity index (χ0) is 10.4. The lowest BCUT2D eigenvalue weighted by molar-refractivity contribution is -0.139. The number of amides is 1. The first-order chi connectivity index (χ1) is 5.99. The molecule has 0 aromatic heterocycles. The summed E-state index contributed by atoms with van der Waals surface area (Å²) < 4.78 is 0. The number of carbonyl (C=O) groups is 2. The van der Waals surface area contributed by atoms with E-state index in [0.717, 1.165) is 0 Å². The Morgan fingerprint density at radius 1 is 1.38 bits per heavy atom. The maximum Gasteiger partial charge on any atom is 0.287 e. The van der Waals surface area contributed by atoms with Gasteiger partial charge in [-0.25, -0.2) is 0 Å². The van der Waals surface area contributed by atoms with Gasteiger partial charge in [-0.15, -0.1) is 0 Å². The topological polar surface area (TPSA) is 86.6 Å². The van der Waals surface area contributed by atoms with Crippen molar-refractivity contribution in [1.82, 2.24) is 5.32 Å². The highest BCUT2D eigenvalue weighted by atomic mass is 16.3. The van der Waals surface area contributed by atoms with Crippen LogP contribution in [0.2, 0.25) is 0 Å². The Morgan fingerprint density at radius 3 is 2.31 bits per heavy atom. The molecule has 1 amide bonds. The van der Waals surface area contributed by atoms with Gasteiger partial charge in [0, 0.05) is 12.5 Å². The number of hydrogen-bond donors (Lipinski definition) is 3. The summed E-state index contributed by atoms with van der Waals surface area (Å²) in [6, 6.07) is 0. The van der Waals surface area contributed by atoms with Crippen LogP contribution in [0.5, 0.6) is 0 Å². The lowest BCUT2D eigenvalue weighted by atomic mass is 10.1. The number of carbonyl (C=O) groups excluding carboxylic acids is 2. The van der Waals surface area contributed by atoms with Gasteiger partial charge in [-0.1, -0.05) is 13.8 Å². The molecule has 0 aliphatic heterocycles. The second kappa shape index (κ2) is 5.66. The maximum atomic E-state index is 11.0. The van der Waals surface area contributed by atoms with E-state index in [1.165, 1.54) is 0 Å². The van der Waals surface area contributed by atoms with Gasteiger partial charge >= 0.3 is 0 Å². The predicted octanol–water partition coefficient (Wildman–Crippen LogP) is -1.32. The molecule has 1 atom stereocenters. The van der Waals surface area contributed by atoms with Crippen molar-refractivity contribution in [2.24, 2.45) is 5.92 Å². The van der Waals surface area contributed by atoms with Crippen molar-refractivity contribution in [3.8, 4) is 0 Å². The van der Waals surface area contributed by atoms with Crippen molar-refractivity contribution < 1.29 is 19.8 Å². The monoisotopic (exact) mass is 189 g/mol. The smallest absolute Gasteiger partial charge is 0.287 e. The van der Waals surface area contributed by atoms with Crippen molar-refractivity contribution in [3.63, 3.8) is 0 Å². The van der Waals surface area contributed by atoms with Crippen LogP contribution in [0, 0.1) is 5.92 Å². The minimum absolute atomic E-state index is 0.103. The molecule has 13 heavy (non-hydrogen) atoms. The molecular weight excluding hydrogens is 174 g/mol. The van der Waals surface area contributed by atoms with E-state index in [2.05, 4.69) is 5.32 Å². The molecule has 0 fully saturated rings. The van der Waals surface area contributed by atoms with Crippen molar-refractivity contribution in [3.05, 3.63) is 0 Å². The van der Waals surface area contributed by atoms with E-state index in [1.54, 1.807) is 13.8 Å². The van der Waals surface area contributed by atoms with Crippen LogP contribution in [0.25, 0.3) is 0 Å².